The van der Waals surface area contributed by atoms with E-state index in [-0.39, 0.29) is 11.9 Å². The Hall–Kier alpha value is -2.04. The Labute approximate surface area is 126 Å². The minimum Gasteiger partial charge on any atom is -0.349 e. The molecule has 21 heavy (non-hydrogen) atoms. The predicted molar refractivity (Wildman–Crippen MR) is 84.0 cm³/mol. The van der Waals surface area contributed by atoms with Gasteiger partial charge >= 0.3 is 6.03 Å². The number of rotatable bonds is 6. The van der Waals surface area contributed by atoms with Crippen LogP contribution in [0.1, 0.15) is 24.5 Å². The molecule has 0 radical (unpaired) electrons. The maximum Gasteiger partial charge on any atom is 0.317 e. The summed E-state index contributed by atoms with van der Waals surface area (Å²) in [5, 5.41) is 2.79. The van der Waals surface area contributed by atoms with Gasteiger partial charge in [-0.05, 0) is 19.4 Å². The van der Waals surface area contributed by atoms with Crippen LogP contribution in [0.4, 0.5) is 4.79 Å². The third-order valence-electron chi connectivity index (χ3n) is 3.24. The van der Waals surface area contributed by atoms with Crippen LogP contribution in [0.5, 0.6) is 0 Å². The fourth-order valence-electron chi connectivity index (χ4n) is 1.97. The lowest BCUT2D eigenvalue weighted by molar-refractivity contribution is -0.128. The number of nitrogens with zero attached hydrogens (tertiary/aromatic N) is 2. The van der Waals surface area contributed by atoms with Crippen molar-refractivity contribution in [1.29, 1.82) is 0 Å². The normalized spacial score (nSPS) is 10.1. The number of hydrogen-bond acceptors (Lipinski definition) is 2. The third-order valence-corrected chi connectivity index (χ3v) is 3.24. The van der Waals surface area contributed by atoms with Gasteiger partial charge in [0.1, 0.15) is 0 Å². The Morgan fingerprint density at radius 2 is 1.95 bits per heavy atom. The number of nitrogens with one attached hydrogen (secondary N) is 1. The lowest BCUT2D eigenvalue weighted by Gasteiger charge is -2.22. The first kappa shape index (κ1) is 17.0. The Morgan fingerprint density at radius 3 is 2.52 bits per heavy atom. The average molecular weight is 291 g/mol. The van der Waals surface area contributed by atoms with Gasteiger partial charge in [-0.25, -0.2) is 4.79 Å². The van der Waals surface area contributed by atoms with E-state index in [9.17, 15) is 9.59 Å². The van der Waals surface area contributed by atoms with E-state index in [1.54, 1.807) is 19.0 Å². The molecule has 1 N–H and O–H groups in total. The molecule has 0 fully saturated rings. The van der Waals surface area contributed by atoms with Gasteiger partial charge in [-0.3, -0.25) is 4.79 Å². The molecule has 5 heteroatoms. The van der Waals surface area contributed by atoms with Crippen LogP contribution >= 0.6 is 0 Å². The van der Waals surface area contributed by atoms with Crippen molar-refractivity contribution in [3.8, 4) is 0 Å². The van der Waals surface area contributed by atoms with Crippen LogP contribution in [0, 0.1) is 6.92 Å². The standard InChI is InChI=1S/C16H25N3O2/c1-5-19(12-14-8-6-7-13(2)11-14)16(21)17-10-9-15(20)18(3)4/h6-8,11H,5,9-10,12H2,1-4H3,(H,17,21). The van der Waals surface area contributed by atoms with Crippen molar-refractivity contribution in [2.45, 2.75) is 26.8 Å². The Bertz CT molecular complexity index is 486. The maximum atomic E-state index is 12.1. The van der Waals surface area contributed by atoms with Crippen LogP contribution in [0.2, 0.25) is 0 Å². The molecule has 0 aliphatic rings. The molecule has 0 atom stereocenters. The Kier molecular flexibility index (Phi) is 6.72. The lowest BCUT2D eigenvalue weighted by atomic mass is 10.1. The lowest BCUT2D eigenvalue weighted by Crippen LogP contribution is -2.40. The van der Waals surface area contributed by atoms with Gasteiger partial charge in [0.05, 0.1) is 0 Å². The van der Waals surface area contributed by atoms with Crippen molar-refractivity contribution in [2.75, 3.05) is 27.2 Å². The second-order valence-corrected chi connectivity index (χ2v) is 5.27. The number of amides is 3. The van der Waals surface area contributed by atoms with E-state index >= 15 is 0 Å². The van der Waals surface area contributed by atoms with E-state index in [4.69, 9.17) is 0 Å². The summed E-state index contributed by atoms with van der Waals surface area (Å²) in [6.07, 6.45) is 0.320. The Morgan fingerprint density at radius 1 is 1.24 bits per heavy atom. The summed E-state index contributed by atoms with van der Waals surface area (Å²) in [5.41, 5.74) is 2.29. The molecule has 3 amide bonds. The number of aryl methyl sites for hydroxylation is 1. The van der Waals surface area contributed by atoms with Crippen LogP contribution in [0.3, 0.4) is 0 Å². The molecule has 0 bridgehead atoms. The van der Waals surface area contributed by atoms with Crippen LogP contribution in [-0.4, -0.2) is 48.9 Å². The second-order valence-electron chi connectivity index (χ2n) is 5.27. The van der Waals surface area contributed by atoms with Crippen molar-refractivity contribution in [2.24, 2.45) is 0 Å². The van der Waals surface area contributed by atoms with Gasteiger partial charge in [-0.1, -0.05) is 29.8 Å². The first-order valence-electron chi connectivity index (χ1n) is 7.22. The zero-order valence-corrected chi connectivity index (χ0v) is 13.3. The molecule has 0 aliphatic heterocycles. The highest BCUT2D eigenvalue weighted by atomic mass is 16.2. The van der Waals surface area contributed by atoms with Gasteiger partial charge in [0.15, 0.2) is 0 Å². The average Bonchev–Trinajstić information content (AvgIpc) is 2.44. The zero-order valence-electron chi connectivity index (χ0n) is 13.3. The quantitative estimate of drug-likeness (QED) is 0.871. The molecule has 1 aromatic carbocycles. The van der Waals surface area contributed by atoms with Crippen LogP contribution < -0.4 is 5.32 Å². The highest BCUT2D eigenvalue weighted by Crippen LogP contribution is 2.07. The molecular weight excluding hydrogens is 266 g/mol. The third kappa shape index (κ3) is 5.85. The first-order valence-corrected chi connectivity index (χ1v) is 7.22. The van der Waals surface area contributed by atoms with Crippen LogP contribution in [0.15, 0.2) is 24.3 Å². The summed E-state index contributed by atoms with van der Waals surface area (Å²) in [5.74, 6) is 0.0111. The fraction of sp³-hybridized carbons (Fsp3) is 0.500. The second kappa shape index (κ2) is 8.29. The van der Waals surface area contributed by atoms with Gasteiger partial charge in [0.25, 0.3) is 0 Å². The van der Waals surface area contributed by atoms with Crippen molar-refractivity contribution >= 4 is 11.9 Å². The predicted octanol–water partition coefficient (Wildman–Crippen LogP) is 2.00. The minimum atomic E-state index is -0.134. The van der Waals surface area contributed by atoms with Crippen molar-refractivity contribution in [1.82, 2.24) is 15.1 Å². The van der Waals surface area contributed by atoms with Crippen molar-refractivity contribution in [3.63, 3.8) is 0 Å². The van der Waals surface area contributed by atoms with Gasteiger partial charge in [0.2, 0.25) is 5.91 Å². The summed E-state index contributed by atoms with van der Waals surface area (Å²) in [6, 6.07) is 7.98. The minimum absolute atomic E-state index is 0.0111. The summed E-state index contributed by atoms with van der Waals surface area (Å²) in [6.45, 7) is 5.54. The Balaban J connectivity index is 2.48. The van der Waals surface area contributed by atoms with Gasteiger partial charge in [-0.2, -0.15) is 0 Å². The number of hydrogen-bond donors (Lipinski definition) is 1. The highest BCUT2D eigenvalue weighted by Gasteiger charge is 2.12. The van der Waals surface area contributed by atoms with E-state index in [1.807, 2.05) is 32.0 Å². The highest BCUT2D eigenvalue weighted by molar-refractivity contribution is 5.78. The number of urea groups is 1. The monoisotopic (exact) mass is 291 g/mol. The van der Waals surface area contributed by atoms with Crippen molar-refractivity contribution < 1.29 is 9.59 Å². The molecule has 116 valence electrons. The molecule has 0 unspecified atom stereocenters. The summed E-state index contributed by atoms with van der Waals surface area (Å²) in [7, 11) is 3.42. The smallest absolute Gasteiger partial charge is 0.317 e. The molecule has 0 saturated heterocycles. The molecular formula is C16H25N3O2. The van der Waals surface area contributed by atoms with Crippen LogP contribution in [0.25, 0.3) is 0 Å². The topological polar surface area (TPSA) is 52.7 Å². The summed E-state index contributed by atoms with van der Waals surface area (Å²) < 4.78 is 0. The molecule has 0 aromatic heterocycles. The van der Waals surface area contributed by atoms with Gasteiger partial charge in [-0.15, -0.1) is 0 Å². The number of carbonyl (C=O) groups is 2. The van der Waals surface area contributed by atoms with Gasteiger partial charge in [0, 0.05) is 40.2 Å². The number of benzene rings is 1. The van der Waals surface area contributed by atoms with E-state index < -0.39 is 0 Å². The van der Waals surface area contributed by atoms with E-state index in [0.717, 1.165) is 5.56 Å². The summed E-state index contributed by atoms with van der Waals surface area (Å²) in [4.78, 5) is 26.8. The molecule has 0 spiro atoms. The van der Waals surface area contributed by atoms with Crippen LogP contribution in [-0.2, 0) is 11.3 Å². The molecule has 1 rings (SSSR count). The fourth-order valence-corrected chi connectivity index (χ4v) is 1.97. The molecule has 0 saturated carbocycles. The SMILES string of the molecule is CCN(Cc1cccc(C)c1)C(=O)NCCC(=O)N(C)C. The first-order chi connectivity index (χ1) is 9.93. The van der Waals surface area contributed by atoms with Crippen molar-refractivity contribution in [3.05, 3.63) is 35.4 Å². The van der Waals surface area contributed by atoms with E-state index in [2.05, 4.69) is 11.4 Å². The van der Waals surface area contributed by atoms with E-state index in [1.165, 1.54) is 10.5 Å². The molecule has 5 nitrogen and oxygen atoms in total. The number of carbonyl (C=O) groups excluding carboxylic acids is 2. The summed E-state index contributed by atoms with van der Waals surface area (Å²) >= 11 is 0. The van der Waals surface area contributed by atoms with E-state index in [0.29, 0.717) is 26.1 Å². The van der Waals surface area contributed by atoms with Gasteiger partial charge < -0.3 is 15.1 Å². The molecule has 0 aliphatic carbocycles. The zero-order chi connectivity index (χ0) is 15.8. The maximum absolute atomic E-state index is 12.1. The molecule has 0 heterocycles. The molecule has 1 aromatic rings. The largest absolute Gasteiger partial charge is 0.349 e.